The lowest BCUT2D eigenvalue weighted by atomic mass is 9.73. The molecule has 1 saturated carbocycles. The first-order valence-electron chi connectivity index (χ1n) is 10.7. The largest absolute Gasteiger partial charge is 0.441 e. The molecule has 2 fully saturated rings. The van der Waals surface area contributed by atoms with Crippen LogP contribution in [0.1, 0.15) is 69.1 Å². The van der Waals surface area contributed by atoms with Crippen molar-refractivity contribution in [2.45, 2.75) is 64.0 Å². The number of benzene rings is 1. The molecule has 2 aliphatic rings. The van der Waals surface area contributed by atoms with Crippen molar-refractivity contribution in [3.05, 3.63) is 53.7 Å². The van der Waals surface area contributed by atoms with Crippen LogP contribution >= 0.6 is 0 Å². The first kappa shape index (κ1) is 18.7. The van der Waals surface area contributed by atoms with E-state index < -0.39 is 5.60 Å². The van der Waals surface area contributed by atoms with Gasteiger partial charge in [0, 0.05) is 12.5 Å². The number of hydrogen-bond acceptors (Lipinski definition) is 4. The summed E-state index contributed by atoms with van der Waals surface area (Å²) in [5.41, 5.74) is -0.228. The van der Waals surface area contributed by atoms with Crippen molar-refractivity contribution >= 4 is 0 Å². The van der Waals surface area contributed by atoms with E-state index >= 15 is 0 Å². The molecule has 2 heterocycles. The van der Waals surface area contributed by atoms with Gasteiger partial charge >= 0.3 is 0 Å². The van der Waals surface area contributed by atoms with Crippen molar-refractivity contribution in [1.82, 2.24) is 9.88 Å². The van der Waals surface area contributed by atoms with Crippen molar-refractivity contribution in [1.29, 1.82) is 0 Å². The molecule has 0 bridgehead atoms. The molecule has 2 atom stereocenters. The third kappa shape index (κ3) is 3.83. The van der Waals surface area contributed by atoms with E-state index in [1.165, 1.54) is 32.1 Å². The van der Waals surface area contributed by atoms with E-state index in [4.69, 9.17) is 4.42 Å². The Bertz CT molecular complexity index is 723. The summed E-state index contributed by atoms with van der Waals surface area (Å²) < 4.78 is 6.18. The van der Waals surface area contributed by atoms with Crippen molar-refractivity contribution in [2.75, 3.05) is 13.1 Å². The van der Waals surface area contributed by atoms with Gasteiger partial charge in [-0.2, -0.15) is 0 Å². The Labute approximate surface area is 162 Å². The van der Waals surface area contributed by atoms with Gasteiger partial charge in [0.1, 0.15) is 5.76 Å². The van der Waals surface area contributed by atoms with Crippen LogP contribution in [0.5, 0.6) is 0 Å². The van der Waals surface area contributed by atoms with Crippen molar-refractivity contribution in [3.8, 4) is 0 Å². The summed E-state index contributed by atoms with van der Waals surface area (Å²) in [6.45, 7) is 5.32. The topological polar surface area (TPSA) is 49.5 Å². The van der Waals surface area contributed by atoms with E-state index in [0.717, 1.165) is 49.7 Å². The van der Waals surface area contributed by atoms with Gasteiger partial charge in [-0.1, -0.05) is 62.9 Å². The predicted molar refractivity (Wildman–Crippen MR) is 106 cm³/mol. The van der Waals surface area contributed by atoms with E-state index in [0.29, 0.717) is 5.89 Å². The van der Waals surface area contributed by atoms with Crippen LogP contribution in [0.15, 0.2) is 40.9 Å². The molecule has 2 aromatic rings. The summed E-state index contributed by atoms with van der Waals surface area (Å²) in [6.07, 6.45) is 9.97. The number of hydrogen-bond donors (Lipinski definition) is 1. The molecule has 4 nitrogen and oxygen atoms in total. The molecule has 27 heavy (non-hydrogen) atoms. The second kappa shape index (κ2) is 8.15. The number of aromatic nitrogens is 1. The molecule has 0 radical (unpaired) electrons. The average molecular weight is 369 g/mol. The van der Waals surface area contributed by atoms with Crippen LogP contribution in [0.4, 0.5) is 0 Å². The summed E-state index contributed by atoms with van der Waals surface area (Å²) in [4.78, 5) is 7.02. The smallest absolute Gasteiger partial charge is 0.231 e. The minimum atomic E-state index is -1.13. The quantitative estimate of drug-likeness (QED) is 0.801. The van der Waals surface area contributed by atoms with Crippen LogP contribution in [-0.4, -0.2) is 28.1 Å². The van der Waals surface area contributed by atoms with Crippen LogP contribution < -0.4 is 0 Å². The van der Waals surface area contributed by atoms with E-state index in [1.54, 1.807) is 0 Å². The fourth-order valence-corrected chi connectivity index (χ4v) is 4.91. The highest BCUT2D eigenvalue weighted by molar-refractivity contribution is 5.30. The molecule has 1 aromatic heterocycles. The van der Waals surface area contributed by atoms with Crippen LogP contribution in [0.25, 0.3) is 0 Å². The van der Waals surface area contributed by atoms with Crippen LogP contribution in [-0.2, 0) is 12.1 Å². The predicted octanol–water partition coefficient (Wildman–Crippen LogP) is 4.72. The minimum Gasteiger partial charge on any atom is -0.441 e. The molecule has 0 amide bonds. The SMILES string of the molecule is CCC1CCN(Cc2cnc(C(O)(c3ccccc3)C3CCCCC3)o2)C1. The first-order valence-corrected chi connectivity index (χ1v) is 10.7. The number of nitrogens with zero attached hydrogens (tertiary/aromatic N) is 2. The Morgan fingerprint density at radius 1 is 1.15 bits per heavy atom. The van der Waals surface area contributed by atoms with Gasteiger partial charge in [-0.15, -0.1) is 0 Å². The number of oxazole rings is 1. The van der Waals surface area contributed by atoms with Crippen molar-refractivity contribution < 1.29 is 9.52 Å². The van der Waals surface area contributed by atoms with E-state index in [2.05, 4.69) is 16.8 Å². The molecule has 4 rings (SSSR count). The zero-order valence-corrected chi connectivity index (χ0v) is 16.4. The lowest BCUT2D eigenvalue weighted by molar-refractivity contribution is -0.0242. The lowest BCUT2D eigenvalue weighted by Gasteiger charge is -2.36. The Morgan fingerprint density at radius 2 is 1.93 bits per heavy atom. The standard InChI is InChI=1S/C23H32N2O2/c1-2-18-13-14-25(16-18)17-21-15-24-22(27-21)23(26,19-9-5-3-6-10-19)20-11-7-4-8-12-20/h3,5-6,9-10,15,18,20,26H,2,4,7-8,11-14,16-17H2,1H3. The van der Waals surface area contributed by atoms with Crippen LogP contribution in [0.2, 0.25) is 0 Å². The monoisotopic (exact) mass is 368 g/mol. The summed E-state index contributed by atoms with van der Waals surface area (Å²) in [6, 6.07) is 9.98. The summed E-state index contributed by atoms with van der Waals surface area (Å²) >= 11 is 0. The van der Waals surface area contributed by atoms with Gasteiger partial charge in [-0.05, 0) is 37.3 Å². The van der Waals surface area contributed by atoms with Gasteiger partial charge in [0.25, 0.3) is 0 Å². The molecular weight excluding hydrogens is 336 g/mol. The molecule has 146 valence electrons. The molecule has 1 aromatic carbocycles. The summed E-state index contributed by atoms with van der Waals surface area (Å²) in [5, 5.41) is 11.9. The molecule has 1 saturated heterocycles. The van der Waals surface area contributed by atoms with E-state index in [9.17, 15) is 5.11 Å². The Morgan fingerprint density at radius 3 is 2.63 bits per heavy atom. The van der Waals surface area contributed by atoms with E-state index in [-0.39, 0.29) is 5.92 Å². The maximum absolute atomic E-state index is 11.9. The first-order chi connectivity index (χ1) is 13.2. The van der Waals surface area contributed by atoms with Crippen molar-refractivity contribution in [3.63, 3.8) is 0 Å². The zero-order valence-electron chi connectivity index (χ0n) is 16.4. The maximum atomic E-state index is 11.9. The summed E-state index contributed by atoms with van der Waals surface area (Å²) in [5.74, 6) is 2.31. The molecule has 1 N–H and O–H groups in total. The van der Waals surface area contributed by atoms with Gasteiger partial charge < -0.3 is 9.52 Å². The number of likely N-dealkylation sites (tertiary alicyclic amines) is 1. The molecule has 1 aliphatic carbocycles. The zero-order chi connectivity index (χ0) is 18.7. The molecule has 1 aliphatic heterocycles. The van der Waals surface area contributed by atoms with Crippen LogP contribution in [0.3, 0.4) is 0 Å². The highest BCUT2D eigenvalue weighted by atomic mass is 16.4. The molecule has 0 spiro atoms. The highest BCUT2D eigenvalue weighted by Gasteiger charge is 2.44. The Hall–Kier alpha value is -1.65. The highest BCUT2D eigenvalue weighted by Crippen LogP contribution is 2.43. The minimum absolute atomic E-state index is 0.163. The molecular formula is C23H32N2O2. The second-order valence-corrected chi connectivity index (χ2v) is 8.40. The second-order valence-electron chi connectivity index (χ2n) is 8.40. The fraction of sp³-hybridized carbons (Fsp3) is 0.609. The number of aliphatic hydroxyl groups is 1. The van der Waals surface area contributed by atoms with Gasteiger partial charge in [-0.3, -0.25) is 4.90 Å². The Balaban J connectivity index is 1.58. The molecule has 4 heteroatoms. The molecule has 2 unspecified atom stereocenters. The number of rotatable bonds is 6. The third-order valence-corrected chi connectivity index (χ3v) is 6.62. The van der Waals surface area contributed by atoms with Gasteiger partial charge in [0.05, 0.1) is 12.7 Å². The average Bonchev–Trinajstić information content (AvgIpc) is 3.39. The maximum Gasteiger partial charge on any atom is 0.231 e. The van der Waals surface area contributed by atoms with Crippen LogP contribution in [0, 0.1) is 11.8 Å². The third-order valence-electron chi connectivity index (χ3n) is 6.62. The van der Waals surface area contributed by atoms with Gasteiger partial charge in [0.15, 0.2) is 5.60 Å². The van der Waals surface area contributed by atoms with Gasteiger partial charge in [-0.25, -0.2) is 4.98 Å². The summed E-state index contributed by atoms with van der Waals surface area (Å²) in [7, 11) is 0. The van der Waals surface area contributed by atoms with Crippen molar-refractivity contribution in [2.24, 2.45) is 11.8 Å². The Kier molecular flexibility index (Phi) is 5.65. The lowest BCUT2D eigenvalue weighted by Crippen LogP contribution is -2.38. The van der Waals surface area contributed by atoms with Gasteiger partial charge in [0.2, 0.25) is 5.89 Å². The fourth-order valence-electron chi connectivity index (χ4n) is 4.91. The van der Waals surface area contributed by atoms with E-state index in [1.807, 2.05) is 36.5 Å². The normalized spacial score (nSPS) is 24.1.